The molecule has 0 fully saturated rings. The molecule has 0 saturated heterocycles. The van der Waals surface area contributed by atoms with Gasteiger partial charge in [-0.15, -0.1) is 11.8 Å². The van der Waals surface area contributed by atoms with Crippen LogP contribution in [-0.2, 0) is 15.3 Å². The Balaban J connectivity index is 2.29. The number of amides is 1. The van der Waals surface area contributed by atoms with Gasteiger partial charge in [-0.3, -0.25) is 9.59 Å². The highest BCUT2D eigenvalue weighted by molar-refractivity contribution is 7.99. The second-order valence-corrected chi connectivity index (χ2v) is 5.95. The molecule has 5 heteroatoms. The van der Waals surface area contributed by atoms with Gasteiger partial charge in [0.05, 0.1) is 11.7 Å². The van der Waals surface area contributed by atoms with Crippen LogP contribution in [0.4, 0.5) is 0 Å². The number of hydrogen-bond donors (Lipinski definition) is 2. The monoisotopic (exact) mass is 295 g/mol. The van der Waals surface area contributed by atoms with Gasteiger partial charge in [0.2, 0.25) is 5.91 Å². The normalized spacial score (nSPS) is 13.6. The van der Waals surface area contributed by atoms with Crippen LogP contribution in [0.5, 0.6) is 0 Å². The minimum Gasteiger partial charge on any atom is -0.481 e. The molecule has 1 rings (SSSR count). The third-order valence-corrected chi connectivity index (χ3v) is 4.15. The summed E-state index contributed by atoms with van der Waals surface area (Å²) in [5.74, 6) is -0.491. The number of carboxylic acids is 1. The highest BCUT2D eigenvalue weighted by atomic mass is 32.2. The van der Waals surface area contributed by atoms with Gasteiger partial charge in [-0.1, -0.05) is 29.8 Å². The van der Waals surface area contributed by atoms with Gasteiger partial charge in [-0.2, -0.15) is 0 Å². The minimum absolute atomic E-state index is 0.122. The van der Waals surface area contributed by atoms with Crippen molar-refractivity contribution in [1.29, 1.82) is 0 Å². The van der Waals surface area contributed by atoms with Crippen molar-refractivity contribution in [2.45, 2.75) is 32.6 Å². The lowest BCUT2D eigenvalue weighted by atomic mass is 10.0. The van der Waals surface area contributed by atoms with Crippen molar-refractivity contribution in [1.82, 2.24) is 5.32 Å². The fourth-order valence-electron chi connectivity index (χ4n) is 1.58. The van der Waals surface area contributed by atoms with Crippen LogP contribution in [0.25, 0.3) is 0 Å². The molecule has 20 heavy (non-hydrogen) atoms. The average molecular weight is 295 g/mol. The Morgan fingerprint density at radius 1 is 1.25 bits per heavy atom. The molecule has 0 radical (unpaired) electrons. The summed E-state index contributed by atoms with van der Waals surface area (Å²) in [7, 11) is 0. The van der Waals surface area contributed by atoms with E-state index < -0.39 is 11.9 Å². The zero-order chi connectivity index (χ0) is 15.1. The second-order valence-electron chi connectivity index (χ2n) is 4.96. The van der Waals surface area contributed by atoms with Crippen LogP contribution >= 0.6 is 11.8 Å². The van der Waals surface area contributed by atoms with Crippen LogP contribution in [0.2, 0.25) is 0 Å². The number of benzene rings is 1. The maximum Gasteiger partial charge on any atom is 0.308 e. The van der Waals surface area contributed by atoms with E-state index in [1.54, 1.807) is 13.8 Å². The molecule has 2 unspecified atom stereocenters. The summed E-state index contributed by atoms with van der Waals surface area (Å²) in [6.07, 6.45) is 0. The van der Waals surface area contributed by atoms with Crippen molar-refractivity contribution in [3.8, 4) is 0 Å². The molecule has 0 aliphatic carbocycles. The number of carbonyl (C=O) groups excluding carboxylic acids is 1. The minimum atomic E-state index is -0.898. The van der Waals surface area contributed by atoms with Gasteiger partial charge >= 0.3 is 5.97 Å². The summed E-state index contributed by atoms with van der Waals surface area (Å²) in [5.41, 5.74) is 2.40. The van der Waals surface area contributed by atoms with E-state index in [4.69, 9.17) is 5.11 Å². The molecule has 1 amide bonds. The van der Waals surface area contributed by atoms with Crippen molar-refractivity contribution >= 4 is 23.6 Å². The molecule has 1 aromatic rings. The van der Waals surface area contributed by atoms with Crippen molar-refractivity contribution in [2.75, 3.05) is 5.75 Å². The van der Waals surface area contributed by atoms with E-state index in [1.807, 2.05) is 19.1 Å². The topological polar surface area (TPSA) is 66.4 Å². The van der Waals surface area contributed by atoms with Gasteiger partial charge in [0, 0.05) is 11.8 Å². The first-order chi connectivity index (χ1) is 9.40. The smallest absolute Gasteiger partial charge is 0.308 e. The van der Waals surface area contributed by atoms with Gasteiger partial charge in [0.25, 0.3) is 0 Å². The Labute approximate surface area is 124 Å². The van der Waals surface area contributed by atoms with Crippen molar-refractivity contribution in [3.05, 3.63) is 35.4 Å². The number of carboxylic acid groups (broad SMARTS) is 1. The second kappa shape index (κ2) is 7.94. The molecule has 110 valence electrons. The largest absolute Gasteiger partial charge is 0.481 e. The first-order valence-electron chi connectivity index (χ1n) is 6.55. The molecule has 0 heterocycles. The average Bonchev–Trinajstić information content (AvgIpc) is 2.39. The summed E-state index contributed by atoms with van der Waals surface area (Å²) < 4.78 is 0. The Morgan fingerprint density at radius 3 is 2.40 bits per heavy atom. The number of thioether (sulfide) groups is 1. The van der Waals surface area contributed by atoms with Gasteiger partial charge in [0.1, 0.15) is 0 Å². The first kappa shape index (κ1) is 16.6. The Morgan fingerprint density at radius 2 is 1.85 bits per heavy atom. The predicted molar refractivity (Wildman–Crippen MR) is 81.7 cm³/mol. The van der Waals surface area contributed by atoms with Gasteiger partial charge in [0.15, 0.2) is 0 Å². The van der Waals surface area contributed by atoms with E-state index in [0.717, 1.165) is 5.75 Å². The molecule has 2 atom stereocenters. The zero-order valence-electron chi connectivity index (χ0n) is 12.1. The SMILES string of the molecule is Cc1ccc(CSCC(=O)NC(C)C(C)C(=O)O)cc1. The molecule has 0 aliphatic heterocycles. The third-order valence-electron chi connectivity index (χ3n) is 3.15. The van der Waals surface area contributed by atoms with Gasteiger partial charge in [-0.05, 0) is 26.3 Å². The lowest BCUT2D eigenvalue weighted by molar-refractivity contribution is -0.142. The van der Waals surface area contributed by atoms with E-state index >= 15 is 0 Å². The Bertz CT molecular complexity index is 459. The molecular formula is C15H21NO3S. The summed E-state index contributed by atoms with van der Waals surface area (Å²) in [6.45, 7) is 5.34. The summed E-state index contributed by atoms with van der Waals surface area (Å²) >= 11 is 1.52. The molecule has 1 aromatic carbocycles. The highest BCUT2D eigenvalue weighted by Gasteiger charge is 2.20. The molecule has 0 aromatic heterocycles. The zero-order valence-corrected chi connectivity index (χ0v) is 12.9. The molecule has 0 bridgehead atoms. The van der Waals surface area contributed by atoms with Crippen LogP contribution in [0.3, 0.4) is 0 Å². The third kappa shape index (κ3) is 5.65. The number of rotatable bonds is 7. The van der Waals surface area contributed by atoms with E-state index in [0.29, 0.717) is 5.75 Å². The van der Waals surface area contributed by atoms with Crippen LogP contribution < -0.4 is 5.32 Å². The Hall–Kier alpha value is -1.49. The van der Waals surface area contributed by atoms with Gasteiger partial charge < -0.3 is 10.4 Å². The quantitative estimate of drug-likeness (QED) is 0.811. The fourth-order valence-corrected chi connectivity index (χ4v) is 2.38. The maximum atomic E-state index is 11.7. The van der Waals surface area contributed by atoms with Crippen molar-refractivity contribution in [2.24, 2.45) is 5.92 Å². The van der Waals surface area contributed by atoms with Gasteiger partial charge in [-0.25, -0.2) is 0 Å². The number of carbonyl (C=O) groups is 2. The first-order valence-corrected chi connectivity index (χ1v) is 7.71. The Kier molecular flexibility index (Phi) is 6.58. The molecular weight excluding hydrogens is 274 g/mol. The molecule has 2 N–H and O–H groups in total. The molecule has 0 spiro atoms. The van der Waals surface area contributed by atoms with Crippen LogP contribution in [0.15, 0.2) is 24.3 Å². The van der Waals surface area contributed by atoms with Crippen molar-refractivity contribution < 1.29 is 14.7 Å². The van der Waals surface area contributed by atoms with Crippen LogP contribution in [0.1, 0.15) is 25.0 Å². The predicted octanol–water partition coefficient (Wildman–Crippen LogP) is 2.45. The lowest BCUT2D eigenvalue weighted by Crippen LogP contribution is -2.40. The summed E-state index contributed by atoms with van der Waals surface area (Å²) in [5, 5.41) is 11.6. The van der Waals surface area contributed by atoms with E-state index in [9.17, 15) is 9.59 Å². The molecule has 4 nitrogen and oxygen atoms in total. The van der Waals surface area contributed by atoms with Crippen LogP contribution in [-0.4, -0.2) is 28.8 Å². The number of aryl methyl sites for hydroxylation is 1. The van der Waals surface area contributed by atoms with E-state index in [2.05, 4.69) is 17.4 Å². The number of nitrogens with one attached hydrogen (secondary N) is 1. The highest BCUT2D eigenvalue weighted by Crippen LogP contribution is 2.13. The fraction of sp³-hybridized carbons (Fsp3) is 0.467. The van der Waals surface area contributed by atoms with Crippen LogP contribution in [0, 0.1) is 12.8 Å². The number of hydrogen-bond acceptors (Lipinski definition) is 3. The standard InChI is InChI=1S/C15H21NO3S/c1-10-4-6-13(7-5-10)8-20-9-14(17)16-12(3)11(2)15(18)19/h4-7,11-12H,8-9H2,1-3H3,(H,16,17)(H,18,19). The summed E-state index contributed by atoms with van der Waals surface area (Å²) in [6, 6.07) is 7.84. The maximum absolute atomic E-state index is 11.7. The number of aliphatic carboxylic acids is 1. The molecule has 0 saturated carbocycles. The van der Waals surface area contributed by atoms with E-state index in [1.165, 1.54) is 22.9 Å². The molecule has 0 aliphatic rings. The summed E-state index contributed by atoms with van der Waals surface area (Å²) in [4.78, 5) is 22.5. The van der Waals surface area contributed by atoms with Crippen molar-refractivity contribution in [3.63, 3.8) is 0 Å². The van der Waals surface area contributed by atoms with E-state index in [-0.39, 0.29) is 11.9 Å². The lowest BCUT2D eigenvalue weighted by Gasteiger charge is -2.17.